The van der Waals surface area contributed by atoms with Crippen LogP contribution >= 0.6 is 0 Å². The lowest BCUT2D eigenvalue weighted by atomic mass is 10.0. The van der Waals surface area contributed by atoms with Crippen LogP contribution in [0.15, 0.2) is 60.8 Å². The van der Waals surface area contributed by atoms with Crippen molar-refractivity contribution in [3.05, 3.63) is 71.9 Å². The number of esters is 1. The molecule has 3 rings (SSSR count). The molecule has 1 heterocycles. The first-order valence-electron chi connectivity index (χ1n) is 12.3. The summed E-state index contributed by atoms with van der Waals surface area (Å²) < 4.78 is 10.7. The van der Waals surface area contributed by atoms with Gasteiger partial charge in [-0.2, -0.15) is 0 Å². The van der Waals surface area contributed by atoms with E-state index in [0.717, 1.165) is 22.0 Å². The highest BCUT2D eigenvalue weighted by molar-refractivity contribution is 5.91. The Labute approximate surface area is 220 Å². The maximum Gasteiger partial charge on any atom is 0.408 e. The third-order valence-corrected chi connectivity index (χ3v) is 5.58. The summed E-state index contributed by atoms with van der Waals surface area (Å²) in [6.45, 7) is 5.07. The van der Waals surface area contributed by atoms with Crippen molar-refractivity contribution in [2.75, 3.05) is 0 Å². The van der Waals surface area contributed by atoms with E-state index in [2.05, 4.69) is 15.6 Å². The standard InChI is InChI=1S/C28H33N3O7/c1-28(2,3)38-27(36)31-23(15-19-16-29-21-12-8-7-11-20(19)21)25(34)30-22(13-14-24(32)33)26(35)37-17-18-9-5-4-6-10-18/h4-12,16,22-23,29H,13-15,17H2,1-3H3,(H,30,34)(H,31,36)(H,32,33)/t22-,23-/m0/s1. The summed E-state index contributed by atoms with van der Waals surface area (Å²) in [6.07, 6.45) is 0.502. The highest BCUT2D eigenvalue weighted by Crippen LogP contribution is 2.20. The Balaban J connectivity index is 1.78. The number of carbonyl (C=O) groups is 4. The normalized spacial score (nSPS) is 12.8. The monoisotopic (exact) mass is 523 g/mol. The SMILES string of the molecule is CC(C)(C)OC(=O)N[C@@H](Cc1c[nH]c2ccccc12)C(=O)N[C@@H](CCC(=O)O)C(=O)OCc1ccccc1. The van der Waals surface area contributed by atoms with E-state index in [-0.39, 0.29) is 25.9 Å². The van der Waals surface area contributed by atoms with Gasteiger partial charge in [0.2, 0.25) is 5.91 Å². The molecule has 0 saturated heterocycles. The summed E-state index contributed by atoms with van der Waals surface area (Å²) in [5, 5.41) is 15.2. The first-order valence-corrected chi connectivity index (χ1v) is 12.3. The molecule has 0 aliphatic rings. The zero-order chi connectivity index (χ0) is 27.7. The molecule has 4 N–H and O–H groups in total. The van der Waals surface area contributed by atoms with Crippen molar-refractivity contribution in [1.29, 1.82) is 0 Å². The maximum atomic E-state index is 13.4. The van der Waals surface area contributed by atoms with E-state index >= 15 is 0 Å². The number of benzene rings is 2. The number of hydrogen-bond acceptors (Lipinski definition) is 6. The second-order valence-corrected chi connectivity index (χ2v) is 9.85. The average molecular weight is 524 g/mol. The molecule has 0 radical (unpaired) electrons. The third-order valence-electron chi connectivity index (χ3n) is 5.58. The van der Waals surface area contributed by atoms with Crippen molar-refractivity contribution in [2.45, 2.75) is 64.3 Å². The van der Waals surface area contributed by atoms with Gasteiger partial charge in [0.05, 0.1) is 0 Å². The van der Waals surface area contributed by atoms with Crippen molar-refractivity contribution in [3.63, 3.8) is 0 Å². The maximum absolute atomic E-state index is 13.4. The Morgan fingerprint density at radius 3 is 2.32 bits per heavy atom. The van der Waals surface area contributed by atoms with E-state index in [9.17, 15) is 19.2 Å². The molecule has 2 atom stereocenters. The van der Waals surface area contributed by atoms with Crippen molar-refractivity contribution >= 4 is 34.8 Å². The minimum Gasteiger partial charge on any atom is -0.481 e. The topological polar surface area (TPSA) is 147 Å². The van der Waals surface area contributed by atoms with E-state index < -0.39 is 41.6 Å². The fourth-order valence-corrected chi connectivity index (χ4v) is 3.80. The number of carboxylic acids is 1. The van der Waals surface area contributed by atoms with Gasteiger partial charge in [0.1, 0.15) is 24.3 Å². The summed E-state index contributed by atoms with van der Waals surface area (Å²) in [6, 6.07) is 14.1. The predicted molar refractivity (Wildman–Crippen MR) is 140 cm³/mol. The fraction of sp³-hybridized carbons (Fsp3) is 0.357. The zero-order valence-corrected chi connectivity index (χ0v) is 21.7. The van der Waals surface area contributed by atoms with Gasteiger partial charge in [0, 0.05) is 29.9 Å². The molecule has 1 aromatic heterocycles. The Morgan fingerprint density at radius 2 is 1.63 bits per heavy atom. The van der Waals surface area contributed by atoms with Crippen LogP contribution in [0.3, 0.4) is 0 Å². The number of hydrogen-bond donors (Lipinski definition) is 4. The molecule has 38 heavy (non-hydrogen) atoms. The van der Waals surface area contributed by atoms with E-state index in [4.69, 9.17) is 14.6 Å². The Kier molecular flexibility index (Phi) is 9.48. The number of ether oxygens (including phenoxy) is 2. The van der Waals surface area contributed by atoms with E-state index in [0.29, 0.717) is 0 Å². The summed E-state index contributed by atoms with van der Waals surface area (Å²) >= 11 is 0. The molecule has 202 valence electrons. The van der Waals surface area contributed by atoms with Gasteiger partial charge in [-0.1, -0.05) is 48.5 Å². The quantitative estimate of drug-likeness (QED) is 0.280. The second kappa shape index (κ2) is 12.8. The van der Waals surface area contributed by atoms with Crippen LogP contribution < -0.4 is 10.6 Å². The van der Waals surface area contributed by atoms with Gasteiger partial charge in [-0.25, -0.2) is 9.59 Å². The fourth-order valence-electron chi connectivity index (χ4n) is 3.80. The summed E-state index contributed by atoms with van der Waals surface area (Å²) in [7, 11) is 0. The zero-order valence-electron chi connectivity index (χ0n) is 21.7. The Hall–Kier alpha value is -4.34. The molecule has 10 nitrogen and oxygen atoms in total. The number of rotatable bonds is 11. The van der Waals surface area contributed by atoms with Crippen molar-refractivity contribution in [1.82, 2.24) is 15.6 Å². The minimum absolute atomic E-state index is 0.0337. The van der Waals surface area contributed by atoms with Crippen LogP contribution in [0.1, 0.15) is 44.7 Å². The summed E-state index contributed by atoms with van der Waals surface area (Å²) in [4.78, 5) is 53.1. The molecule has 3 aromatic rings. The molecule has 10 heteroatoms. The Morgan fingerprint density at radius 1 is 0.947 bits per heavy atom. The number of fused-ring (bicyclic) bond motifs is 1. The molecule has 0 unspecified atom stereocenters. The van der Waals surface area contributed by atoms with Gasteiger partial charge in [-0.15, -0.1) is 0 Å². The van der Waals surface area contributed by atoms with E-state index in [1.807, 2.05) is 30.3 Å². The van der Waals surface area contributed by atoms with Crippen LogP contribution in [-0.2, 0) is 36.9 Å². The number of nitrogens with one attached hydrogen (secondary N) is 3. The number of aliphatic carboxylic acids is 1. The van der Waals surface area contributed by atoms with Crippen LogP contribution in [0, 0.1) is 0 Å². The van der Waals surface area contributed by atoms with Crippen LogP contribution in [0.25, 0.3) is 10.9 Å². The third kappa shape index (κ3) is 8.65. The predicted octanol–water partition coefficient (Wildman–Crippen LogP) is 3.70. The number of para-hydroxylation sites is 1. The van der Waals surface area contributed by atoms with E-state index in [1.165, 1.54) is 0 Å². The smallest absolute Gasteiger partial charge is 0.408 e. The number of alkyl carbamates (subject to hydrolysis) is 1. The van der Waals surface area contributed by atoms with Gasteiger partial charge in [0.25, 0.3) is 0 Å². The first kappa shape index (κ1) is 28.2. The Bertz CT molecular complexity index is 1260. The molecule has 0 aliphatic heterocycles. The van der Waals surface area contributed by atoms with Gasteiger partial charge in [-0.3, -0.25) is 9.59 Å². The number of amides is 2. The number of aromatic nitrogens is 1. The van der Waals surface area contributed by atoms with E-state index in [1.54, 1.807) is 51.2 Å². The molecule has 2 amide bonds. The molecular weight excluding hydrogens is 490 g/mol. The molecular formula is C28H33N3O7. The summed E-state index contributed by atoms with van der Waals surface area (Å²) in [5.41, 5.74) is 1.58. The average Bonchev–Trinajstić information content (AvgIpc) is 3.26. The minimum atomic E-state index is -1.23. The highest BCUT2D eigenvalue weighted by Gasteiger charge is 2.30. The lowest BCUT2D eigenvalue weighted by Gasteiger charge is -2.25. The van der Waals surface area contributed by atoms with Crippen LogP contribution in [0.5, 0.6) is 0 Å². The largest absolute Gasteiger partial charge is 0.481 e. The molecule has 0 saturated carbocycles. The number of H-pyrrole nitrogens is 1. The molecule has 0 spiro atoms. The lowest BCUT2D eigenvalue weighted by molar-refractivity contribution is -0.150. The van der Waals surface area contributed by atoms with Crippen LogP contribution in [-0.4, -0.2) is 51.7 Å². The van der Waals surface area contributed by atoms with Gasteiger partial charge in [0.15, 0.2) is 0 Å². The van der Waals surface area contributed by atoms with Gasteiger partial charge in [-0.05, 0) is 44.4 Å². The van der Waals surface area contributed by atoms with Crippen molar-refractivity contribution in [3.8, 4) is 0 Å². The molecule has 0 bridgehead atoms. The molecule has 2 aromatic carbocycles. The number of carboxylic acid groups (broad SMARTS) is 1. The second-order valence-electron chi connectivity index (χ2n) is 9.85. The van der Waals surface area contributed by atoms with Crippen LogP contribution in [0.2, 0.25) is 0 Å². The van der Waals surface area contributed by atoms with Gasteiger partial charge < -0.3 is 30.2 Å². The number of carbonyl (C=O) groups excluding carboxylic acids is 3. The van der Waals surface area contributed by atoms with Crippen molar-refractivity contribution < 1.29 is 33.8 Å². The molecule has 0 fully saturated rings. The van der Waals surface area contributed by atoms with Crippen LogP contribution in [0.4, 0.5) is 4.79 Å². The summed E-state index contributed by atoms with van der Waals surface area (Å²) in [5.74, 6) is -2.57. The highest BCUT2D eigenvalue weighted by atomic mass is 16.6. The first-order chi connectivity index (χ1) is 18.0. The lowest BCUT2D eigenvalue weighted by Crippen LogP contribution is -2.53. The van der Waals surface area contributed by atoms with Gasteiger partial charge >= 0.3 is 18.0 Å². The number of aromatic amines is 1. The van der Waals surface area contributed by atoms with Crippen molar-refractivity contribution in [2.24, 2.45) is 0 Å². The molecule has 0 aliphatic carbocycles.